The van der Waals surface area contributed by atoms with Crippen LogP contribution in [0.5, 0.6) is 0 Å². The molecule has 0 aromatic heterocycles. The van der Waals surface area contributed by atoms with Crippen LogP contribution in [-0.4, -0.2) is 45.1 Å². The van der Waals surface area contributed by atoms with Gasteiger partial charge in [-0.15, -0.1) is 0 Å². The zero-order valence-electron chi connectivity index (χ0n) is 11.6. The fourth-order valence-electron chi connectivity index (χ4n) is 3.39. The number of ether oxygens (including phenoxy) is 1. The summed E-state index contributed by atoms with van der Waals surface area (Å²) in [7, 11) is -1.40. The number of carbonyl (C=O) groups excluding carboxylic acids is 1. The molecular weight excluding hydrogens is 266 g/mol. The molecule has 2 heterocycles. The van der Waals surface area contributed by atoms with Gasteiger partial charge in [-0.1, -0.05) is 0 Å². The van der Waals surface area contributed by atoms with Crippen LogP contribution in [0.4, 0.5) is 0 Å². The van der Waals surface area contributed by atoms with Gasteiger partial charge in [-0.3, -0.25) is 4.79 Å². The van der Waals surface area contributed by atoms with Gasteiger partial charge in [0.15, 0.2) is 0 Å². The van der Waals surface area contributed by atoms with Crippen molar-refractivity contribution in [1.29, 1.82) is 0 Å². The third-order valence-corrected chi connectivity index (χ3v) is 6.32. The Morgan fingerprint density at radius 3 is 2.42 bits per heavy atom. The Hall–Kier alpha value is -0.620. The van der Waals surface area contributed by atoms with Gasteiger partial charge < -0.3 is 10.1 Å². The highest BCUT2D eigenvalue weighted by Gasteiger charge is 2.42. The van der Waals surface area contributed by atoms with E-state index in [1.165, 1.54) is 7.11 Å². The molecule has 2 rings (SSSR count). The van der Waals surface area contributed by atoms with Crippen LogP contribution in [0.1, 0.15) is 32.6 Å². The van der Waals surface area contributed by atoms with Gasteiger partial charge in [-0.25, -0.2) is 8.42 Å². The highest BCUT2D eigenvalue weighted by Crippen LogP contribution is 2.36. The summed E-state index contributed by atoms with van der Waals surface area (Å²) in [6.45, 7) is 2.67. The number of carbonyl (C=O) groups is 1. The molecule has 2 aliphatic rings. The summed E-state index contributed by atoms with van der Waals surface area (Å²) in [5.74, 6) is 1.23. The van der Waals surface area contributed by atoms with Crippen molar-refractivity contribution in [2.24, 2.45) is 11.8 Å². The minimum atomic E-state index is -2.81. The summed E-state index contributed by atoms with van der Waals surface area (Å²) in [4.78, 5) is 11.8. The summed E-state index contributed by atoms with van der Waals surface area (Å²) >= 11 is 0. The van der Waals surface area contributed by atoms with E-state index < -0.39 is 15.4 Å². The summed E-state index contributed by atoms with van der Waals surface area (Å²) < 4.78 is 27.8. The Morgan fingerprint density at radius 2 is 1.84 bits per heavy atom. The van der Waals surface area contributed by atoms with Crippen LogP contribution in [0, 0.1) is 11.8 Å². The molecule has 2 unspecified atom stereocenters. The first-order valence-corrected chi connectivity index (χ1v) is 8.72. The molecule has 0 saturated carbocycles. The Labute approximate surface area is 115 Å². The van der Waals surface area contributed by atoms with E-state index in [9.17, 15) is 13.2 Å². The molecule has 0 radical (unpaired) electrons. The second-order valence-electron chi connectivity index (χ2n) is 5.99. The lowest BCUT2D eigenvalue weighted by Gasteiger charge is -2.41. The third-order valence-electron chi connectivity index (χ3n) is 4.60. The van der Waals surface area contributed by atoms with E-state index in [2.05, 4.69) is 5.32 Å². The maximum atomic E-state index is 11.8. The second kappa shape index (κ2) is 5.40. The lowest BCUT2D eigenvalue weighted by atomic mass is 9.74. The van der Waals surface area contributed by atoms with Crippen molar-refractivity contribution in [3.63, 3.8) is 0 Å². The lowest BCUT2D eigenvalue weighted by Crippen LogP contribution is -2.56. The molecule has 2 fully saturated rings. The standard InChI is InChI=1S/C13H23NO4S/c1-13(12(15)18-2)9-11(3-6-14-13)10-4-7-19(16,17)8-5-10/h10-11,14H,3-9H2,1-2H3. The molecule has 110 valence electrons. The largest absolute Gasteiger partial charge is 0.468 e. The van der Waals surface area contributed by atoms with Crippen LogP contribution in [0.2, 0.25) is 0 Å². The Balaban J connectivity index is 2.00. The molecule has 1 N–H and O–H groups in total. The Morgan fingerprint density at radius 1 is 1.21 bits per heavy atom. The molecule has 19 heavy (non-hydrogen) atoms. The fraction of sp³-hybridized carbons (Fsp3) is 0.923. The van der Waals surface area contributed by atoms with E-state index >= 15 is 0 Å². The molecule has 0 aromatic carbocycles. The monoisotopic (exact) mass is 289 g/mol. The van der Waals surface area contributed by atoms with Crippen molar-refractivity contribution in [3.05, 3.63) is 0 Å². The zero-order chi connectivity index (χ0) is 14.1. The van der Waals surface area contributed by atoms with Crippen molar-refractivity contribution in [3.8, 4) is 0 Å². The molecule has 0 aromatic rings. The molecular formula is C13H23NO4S. The minimum absolute atomic E-state index is 0.222. The van der Waals surface area contributed by atoms with Gasteiger partial charge in [0.25, 0.3) is 0 Å². The predicted octanol–water partition coefficient (Wildman–Crippen LogP) is 0.742. The number of hydrogen-bond acceptors (Lipinski definition) is 5. The molecule has 2 saturated heterocycles. The van der Waals surface area contributed by atoms with Gasteiger partial charge in [0.1, 0.15) is 15.4 Å². The molecule has 6 heteroatoms. The first kappa shape index (κ1) is 14.8. The number of sulfone groups is 1. The second-order valence-corrected chi connectivity index (χ2v) is 8.30. The van der Waals surface area contributed by atoms with E-state index in [1.807, 2.05) is 6.92 Å². The zero-order valence-corrected chi connectivity index (χ0v) is 12.5. The summed E-state index contributed by atoms with van der Waals surface area (Å²) in [5.41, 5.74) is -0.617. The average molecular weight is 289 g/mol. The molecule has 0 spiro atoms. The lowest BCUT2D eigenvalue weighted by molar-refractivity contribution is -0.150. The van der Waals surface area contributed by atoms with Crippen molar-refractivity contribution in [2.75, 3.05) is 25.2 Å². The van der Waals surface area contributed by atoms with Gasteiger partial charge in [-0.05, 0) is 51.0 Å². The van der Waals surface area contributed by atoms with Crippen molar-refractivity contribution < 1.29 is 17.9 Å². The van der Waals surface area contributed by atoms with E-state index in [0.717, 1.165) is 32.2 Å². The highest BCUT2D eigenvalue weighted by atomic mass is 32.2. The number of hydrogen-bond donors (Lipinski definition) is 1. The third kappa shape index (κ3) is 3.28. The van der Waals surface area contributed by atoms with Gasteiger partial charge in [-0.2, -0.15) is 0 Å². The average Bonchev–Trinajstić information content (AvgIpc) is 2.37. The van der Waals surface area contributed by atoms with Gasteiger partial charge in [0.2, 0.25) is 0 Å². The molecule has 2 aliphatic heterocycles. The first-order chi connectivity index (χ1) is 8.86. The summed E-state index contributed by atoms with van der Waals surface area (Å²) in [5, 5.41) is 3.24. The van der Waals surface area contributed by atoms with Crippen LogP contribution < -0.4 is 5.32 Å². The van der Waals surface area contributed by atoms with Gasteiger partial charge >= 0.3 is 5.97 Å². The van der Waals surface area contributed by atoms with Crippen LogP contribution in [0.25, 0.3) is 0 Å². The number of rotatable bonds is 2. The normalized spacial score (nSPS) is 35.8. The molecule has 5 nitrogen and oxygen atoms in total. The fourth-order valence-corrected chi connectivity index (χ4v) is 4.92. The maximum absolute atomic E-state index is 11.8. The highest BCUT2D eigenvalue weighted by molar-refractivity contribution is 7.91. The summed E-state index contributed by atoms with van der Waals surface area (Å²) in [6, 6.07) is 0. The van der Waals surface area contributed by atoms with E-state index in [-0.39, 0.29) is 5.97 Å². The van der Waals surface area contributed by atoms with Gasteiger partial charge in [0, 0.05) is 0 Å². The molecule has 0 bridgehead atoms. The van der Waals surface area contributed by atoms with Crippen molar-refractivity contribution in [2.45, 2.75) is 38.1 Å². The smallest absolute Gasteiger partial charge is 0.325 e. The van der Waals surface area contributed by atoms with Gasteiger partial charge in [0.05, 0.1) is 18.6 Å². The number of nitrogens with one attached hydrogen (secondary N) is 1. The van der Waals surface area contributed by atoms with Crippen LogP contribution in [-0.2, 0) is 19.4 Å². The quantitative estimate of drug-likeness (QED) is 0.759. The van der Waals surface area contributed by atoms with Crippen molar-refractivity contribution >= 4 is 15.8 Å². The van der Waals surface area contributed by atoms with E-state index in [4.69, 9.17) is 4.74 Å². The van der Waals surface area contributed by atoms with Crippen LogP contribution in [0.15, 0.2) is 0 Å². The van der Waals surface area contributed by atoms with E-state index in [1.54, 1.807) is 0 Å². The SMILES string of the molecule is COC(=O)C1(C)CC(C2CCS(=O)(=O)CC2)CCN1. The molecule has 0 aliphatic carbocycles. The van der Waals surface area contributed by atoms with E-state index in [0.29, 0.717) is 23.3 Å². The Bertz CT molecular complexity index is 434. The number of methoxy groups -OCH3 is 1. The topological polar surface area (TPSA) is 72.5 Å². The molecule has 2 atom stereocenters. The number of piperidine rings is 1. The van der Waals surface area contributed by atoms with Crippen LogP contribution in [0.3, 0.4) is 0 Å². The minimum Gasteiger partial charge on any atom is -0.468 e. The van der Waals surface area contributed by atoms with Crippen molar-refractivity contribution in [1.82, 2.24) is 5.32 Å². The summed E-state index contributed by atoms with van der Waals surface area (Å²) in [6.07, 6.45) is 3.23. The number of esters is 1. The predicted molar refractivity (Wildman–Crippen MR) is 72.5 cm³/mol. The molecule has 0 amide bonds. The maximum Gasteiger partial charge on any atom is 0.325 e. The Kier molecular flexibility index (Phi) is 4.20. The van der Waals surface area contributed by atoms with Crippen LogP contribution >= 0.6 is 0 Å². The first-order valence-electron chi connectivity index (χ1n) is 6.90.